The number of piperidine rings is 1. The molecule has 1 amide bonds. The number of carbonyl (C=O) groups is 1. The van der Waals surface area contributed by atoms with Crippen molar-refractivity contribution in [1.82, 2.24) is 9.80 Å². The van der Waals surface area contributed by atoms with E-state index in [-0.39, 0.29) is 5.92 Å². The van der Waals surface area contributed by atoms with Gasteiger partial charge in [0, 0.05) is 24.5 Å². The second-order valence-electron chi connectivity index (χ2n) is 10.5. The molecule has 0 bridgehead atoms. The van der Waals surface area contributed by atoms with Crippen LogP contribution in [-0.2, 0) is 9.53 Å². The molecule has 1 atom stereocenters. The Labute approximate surface area is 179 Å². The summed E-state index contributed by atoms with van der Waals surface area (Å²) in [4.78, 5) is 17.3. The molecule has 0 radical (unpaired) electrons. The number of para-hydroxylation sites is 1. The van der Waals surface area contributed by atoms with Gasteiger partial charge in [-0.2, -0.15) is 0 Å². The third-order valence-electron chi connectivity index (χ3n) is 8.25. The van der Waals surface area contributed by atoms with E-state index in [4.69, 9.17) is 9.47 Å². The normalized spacial score (nSPS) is 29.6. The molecular weight excluding hydrogens is 376 g/mol. The highest BCUT2D eigenvalue weighted by atomic mass is 16.5. The zero-order valence-corrected chi connectivity index (χ0v) is 17.9. The van der Waals surface area contributed by atoms with E-state index in [0.29, 0.717) is 42.6 Å². The third-order valence-corrected chi connectivity index (χ3v) is 8.25. The number of hydrogen-bond acceptors (Lipinski definition) is 4. The van der Waals surface area contributed by atoms with Crippen molar-refractivity contribution in [1.29, 1.82) is 0 Å². The molecule has 30 heavy (non-hydrogen) atoms. The number of amides is 1. The molecule has 0 N–H and O–H groups in total. The van der Waals surface area contributed by atoms with Crippen LogP contribution in [0.1, 0.15) is 56.4 Å². The zero-order valence-electron chi connectivity index (χ0n) is 17.9. The van der Waals surface area contributed by atoms with Gasteiger partial charge in [-0.05, 0) is 75.6 Å². The lowest BCUT2D eigenvalue weighted by Crippen LogP contribution is -2.61. The largest absolute Gasteiger partial charge is 0.490 e. The number of likely N-dealkylation sites (tertiary alicyclic amines) is 2. The molecule has 2 saturated carbocycles. The lowest BCUT2D eigenvalue weighted by Gasteiger charge is -2.50. The number of hydrogen-bond donors (Lipinski definition) is 0. The van der Waals surface area contributed by atoms with Gasteiger partial charge >= 0.3 is 0 Å². The molecule has 1 spiro atoms. The van der Waals surface area contributed by atoms with Crippen molar-refractivity contribution in [3.63, 3.8) is 0 Å². The van der Waals surface area contributed by atoms with Gasteiger partial charge in [-0.25, -0.2) is 0 Å². The first-order valence-corrected chi connectivity index (χ1v) is 12.1. The van der Waals surface area contributed by atoms with Crippen LogP contribution in [0.15, 0.2) is 24.3 Å². The van der Waals surface area contributed by atoms with Crippen LogP contribution in [0, 0.1) is 11.3 Å². The zero-order chi connectivity index (χ0) is 20.1. The van der Waals surface area contributed by atoms with Crippen LogP contribution < -0.4 is 4.74 Å². The minimum atomic E-state index is 0.144. The molecule has 2 aliphatic carbocycles. The van der Waals surface area contributed by atoms with E-state index in [9.17, 15) is 4.79 Å². The van der Waals surface area contributed by atoms with Gasteiger partial charge in [0.15, 0.2) is 0 Å². The summed E-state index contributed by atoms with van der Waals surface area (Å²) in [5, 5.41) is 0. The predicted octanol–water partition coefficient (Wildman–Crippen LogP) is 3.43. The SMILES string of the molecule is O=C(C1COC1)N1CC2(CC[C@@H](N3CCC(c4ccccc4OC4CC4)CC3)C2)C1. The van der Waals surface area contributed by atoms with Crippen molar-refractivity contribution < 1.29 is 14.3 Å². The van der Waals surface area contributed by atoms with Gasteiger partial charge in [0.05, 0.1) is 25.2 Å². The molecule has 5 nitrogen and oxygen atoms in total. The maximum Gasteiger partial charge on any atom is 0.230 e. The molecule has 162 valence electrons. The summed E-state index contributed by atoms with van der Waals surface area (Å²) in [6.07, 6.45) is 9.25. The van der Waals surface area contributed by atoms with Gasteiger partial charge in [0.1, 0.15) is 5.75 Å². The maximum absolute atomic E-state index is 12.4. The van der Waals surface area contributed by atoms with E-state index < -0.39 is 0 Å². The molecule has 3 saturated heterocycles. The Morgan fingerprint density at radius 3 is 2.50 bits per heavy atom. The van der Waals surface area contributed by atoms with Crippen LogP contribution >= 0.6 is 0 Å². The summed E-state index contributed by atoms with van der Waals surface area (Å²) in [6.45, 7) is 5.64. The van der Waals surface area contributed by atoms with E-state index in [2.05, 4.69) is 34.1 Å². The monoisotopic (exact) mass is 410 g/mol. The van der Waals surface area contributed by atoms with Crippen LogP contribution in [0.2, 0.25) is 0 Å². The van der Waals surface area contributed by atoms with E-state index in [1.165, 1.54) is 63.6 Å². The van der Waals surface area contributed by atoms with Crippen molar-refractivity contribution in [2.75, 3.05) is 39.4 Å². The van der Waals surface area contributed by atoms with E-state index in [0.717, 1.165) is 18.8 Å². The third kappa shape index (κ3) is 3.54. The molecular formula is C25H34N2O3. The van der Waals surface area contributed by atoms with Crippen LogP contribution in [-0.4, -0.2) is 67.2 Å². The molecule has 5 fully saturated rings. The number of rotatable bonds is 5. The fraction of sp³-hybridized carbons (Fsp3) is 0.720. The van der Waals surface area contributed by atoms with Gasteiger partial charge in [0.25, 0.3) is 0 Å². The molecule has 0 aromatic heterocycles. The Balaban J connectivity index is 1.02. The first kappa shape index (κ1) is 19.1. The molecule has 5 aliphatic rings. The van der Waals surface area contributed by atoms with Gasteiger partial charge in [-0.1, -0.05) is 18.2 Å². The quantitative estimate of drug-likeness (QED) is 0.746. The number of carbonyl (C=O) groups excluding carboxylic acids is 1. The van der Waals surface area contributed by atoms with Crippen LogP contribution in [0.25, 0.3) is 0 Å². The first-order chi connectivity index (χ1) is 14.7. The summed E-state index contributed by atoms with van der Waals surface area (Å²) in [6, 6.07) is 9.45. The Kier molecular flexibility index (Phi) is 4.80. The highest BCUT2D eigenvalue weighted by Crippen LogP contribution is 2.48. The molecule has 3 aliphatic heterocycles. The van der Waals surface area contributed by atoms with Crippen molar-refractivity contribution in [2.45, 2.75) is 63.0 Å². The topological polar surface area (TPSA) is 42.0 Å². The summed E-state index contributed by atoms with van der Waals surface area (Å²) in [7, 11) is 0. The van der Waals surface area contributed by atoms with Crippen molar-refractivity contribution >= 4 is 5.91 Å². The highest BCUT2D eigenvalue weighted by Gasteiger charge is 2.52. The Hall–Kier alpha value is -1.59. The van der Waals surface area contributed by atoms with Gasteiger partial charge < -0.3 is 19.3 Å². The summed E-state index contributed by atoms with van der Waals surface area (Å²) in [5.41, 5.74) is 1.84. The minimum absolute atomic E-state index is 0.144. The average Bonchev–Trinajstić information content (AvgIpc) is 3.40. The summed E-state index contributed by atoms with van der Waals surface area (Å²) in [5.74, 6) is 2.25. The summed E-state index contributed by atoms with van der Waals surface area (Å²) >= 11 is 0. The minimum Gasteiger partial charge on any atom is -0.490 e. The van der Waals surface area contributed by atoms with Crippen molar-refractivity contribution in [3.8, 4) is 5.75 Å². The number of nitrogens with zero attached hydrogens (tertiary/aromatic N) is 2. The molecule has 1 aromatic carbocycles. The van der Waals surface area contributed by atoms with E-state index >= 15 is 0 Å². The van der Waals surface area contributed by atoms with Crippen LogP contribution in [0.5, 0.6) is 5.75 Å². The van der Waals surface area contributed by atoms with Gasteiger partial charge in [-0.3, -0.25) is 4.79 Å². The van der Waals surface area contributed by atoms with Crippen molar-refractivity contribution in [2.24, 2.45) is 11.3 Å². The fourth-order valence-corrected chi connectivity index (χ4v) is 6.20. The Morgan fingerprint density at radius 2 is 1.80 bits per heavy atom. The lowest BCUT2D eigenvalue weighted by molar-refractivity contribution is -0.161. The number of benzene rings is 1. The van der Waals surface area contributed by atoms with Gasteiger partial charge in [-0.15, -0.1) is 0 Å². The smallest absolute Gasteiger partial charge is 0.230 e. The number of ether oxygens (including phenoxy) is 2. The lowest BCUT2D eigenvalue weighted by atomic mass is 9.77. The fourth-order valence-electron chi connectivity index (χ4n) is 6.20. The molecule has 5 heteroatoms. The maximum atomic E-state index is 12.4. The Morgan fingerprint density at radius 1 is 1.03 bits per heavy atom. The first-order valence-electron chi connectivity index (χ1n) is 12.1. The molecule has 6 rings (SSSR count). The average molecular weight is 411 g/mol. The molecule has 3 heterocycles. The predicted molar refractivity (Wildman–Crippen MR) is 115 cm³/mol. The molecule has 0 unspecified atom stereocenters. The second-order valence-corrected chi connectivity index (χ2v) is 10.5. The van der Waals surface area contributed by atoms with Crippen LogP contribution in [0.3, 0.4) is 0 Å². The standard InChI is InChI=1S/C25H34N2O3/c28-24(19-14-29-15-19)27-16-25(17-27)10-7-20(13-25)26-11-8-18(9-12-26)22-3-1-2-4-23(22)30-21-5-6-21/h1-4,18-21H,5-17H2/t20-/m1/s1. The summed E-state index contributed by atoms with van der Waals surface area (Å²) < 4.78 is 11.4. The highest BCUT2D eigenvalue weighted by molar-refractivity contribution is 5.80. The second kappa shape index (κ2) is 7.52. The Bertz CT molecular complexity index is 789. The molecule has 1 aromatic rings. The van der Waals surface area contributed by atoms with Gasteiger partial charge in [0.2, 0.25) is 5.91 Å². The van der Waals surface area contributed by atoms with Crippen molar-refractivity contribution in [3.05, 3.63) is 29.8 Å². The van der Waals surface area contributed by atoms with E-state index in [1.807, 2.05) is 0 Å². The van der Waals surface area contributed by atoms with Crippen LogP contribution in [0.4, 0.5) is 0 Å². The van der Waals surface area contributed by atoms with E-state index in [1.54, 1.807) is 0 Å².